The van der Waals surface area contributed by atoms with Gasteiger partial charge in [0.05, 0.1) is 18.1 Å². The van der Waals surface area contributed by atoms with Gasteiger partial charge in [-0.25, -0.2) is 4.39 Å². The van der Waals surface area contributed by atoms with Crippen molar-refractivity contribution in [2.24, 2.45) is 0 Å². The molecule has 1 heterocycles. The summed E-state index contributed by atoms with van der Waals surface area (Å²) in [7, 11) is 0. The van der Waals surface area contributed by atoms with Gasteiger partial charge in [-0.15, -0.1) is 6.58 Å². The van der Waals surface area contributed by atoms with Crippen LogP contribution >= 0.6 is 11.8 Å². The number of hydrogen-bond donors (Lipinski definition) is 0. The number of ether oxygens (including phenoxy) is 3. The molecular formula is C26H26FNO6S. The van der Waals surface area contributed by atoms with Gasteiger partial charge < -0.3 is 14.2 Å². The summed E-state index contributed by atoms with van der Waals surface area (Å²) in [6.45, 7) is 7.59. The molecule has 0 spiro atoms. The first-order valence-corrected chi connectivity index (χ1v) is 11.9. The molecule has 0 saturated carbocycles. The minimum atomic E-state index is -0.648. The van der Waals surface area contributed by atoms with E-state index in [1.165, 1.54) is 12.1 Å². The second-order valence-corrected chi connectivity index (χ2v) is 8.41. The zero-order chi connectivity index (χ0) is 25.4. The first-order valence-electron chi connectivity index (χ1n) is 11.0. The fourth-order valence-electron chi connectivity index (χ4n) is 3.36. The highest BCUT2D eigenvalue weighted by atomic mass is 32.2. The molecular weight excluding hydrogens is 473 g/mol. The summed E-state index contributed by atoms with van der Waals surface area (Å²) < 4.78 is 29.9. The second-order valence-electron chi connectivity index (χ2n) is 7.42. The van der Waals surface area contributed by atoms with Crippen molar-refractivity contribution in [3.05, 3.63) is 76.5 Å². The van der Waals surface area contributed by atoms with E-state index in [1.54, 1.807) is 37.3 Å². The highest BCUT2D eigenvalue weighted by Crippen LogP contribution is 2.37. The summed E-state index contributed by atoms with van der Waals surface area (Å²) in [5.41, 5.74) is 2.18. The largest absolute Gasteiger partial charge is 0.490 e. The Morgan fingerprint density at radius 2 is 1.86 bits per heavy atom. The molecule has 2 amide bonds. The van der Waals surface area contributed by atoms with Crippen LogP contribution in [0.1, 0.15) is 30.5 Å². The number of carbonyl (C=O) groups is 3. The van der Waals surface area contributed by atoms with Crippen LogP contribution in [0.3, 0.4) is 0 Å². The molecule has 0 N–H and O–H groups in total. The van der Waals surface area contributed by atoms with Gasteiger partial charge in [0, 0.05) is 5.56 Å². The highest BCUT2D eigenvalue weighted by Gasteiger charge is 2.36. The first kappa shape index (κ1) is 26.0. The van der Waals surface area contributed by atoms with Crippen molar-refractivity contribution in [1.82, 2.24) is 4.90 Å². The highest BCUT2D eigenvalue weighted by molar-refractivity contribution is 8.18. The Morgan fingerprint density at radius 3 is 2.51 bits per heavy atom. The predicted molar refractivity (Wildman–Crippen MR) is 132 cm³/mol. The van der Waals surface area contributed by atoms with Crippen molar-refractivity contribution in [2.45, 2.75) is 26.9 Å². The lowest BCUT2D eigenvalue weighted by Gasteiger charge is -2.17. The van der Waals surface area contributed by atoms with E-state index >= 15 is 0 Å². The van der Waals surface area contributed by atoms with Crippen LogP contribution in [0.4, 0.5) is 9.18 Å². The number of thioether (sulfide) groups is 1. The number of amides is 2. The Balaban J connectivity index is 1.89. The van der Waals surface area contributed by atoms with E-state index in [-0.39, 0.29) is 23.9 Å². The maximum Gasteiger partial charge on any atom is 0.326 e. The molecule has 1 aliphatic heterocycles. The first-order chi connectivity index (χ1) is 16.9. The van der Waals surface area contributed by atoms with Gasteiger partial charge in [-0.05, 0) is 73.5 Å². The molecule has 3 rings (SSSR count). The van der Waals surface area contributed by atoms with E-state index in [1.807, 2.05) is 13.0 Å². The van der Waals surface area contributed by atoms with Gasteiger partial charge in [0.15, 0.2) is 11.5 Å². The SMILES string of the molecule is C=CCc1cc(/C=C2/SC(=O)N(CC(=O)OCC)C2=O)cc(OCC)c1OCc1ccc(F)cc1. The van der Waals surface area contributed by atoms with E-state index in [0.717, 1.165) is 27.8 Å². The fraction of sp³-hybridized carbons (Fsp3) is 0.269. The molecule has 0 bridgehead atoms. The molecule has 7 nitrogen and oxygen atoms in total. The summed E-state index contributed by atoms with van der Waals surface area (Å²) in [5, 5.41) is -0.537. The molecule has 1 saturated heterocycles. The third-order valence-electron chi connectivity index (χ3n) is 4.88. The van der Waals surface area contributed by atoms with Crippen LogP contribution in [-0.2, 0) is 27.4 Å². The zero-order valence-corrected chi connectivity index (χ0v) is 20.4. The van der Waals surface area contributed by atoms with Crippen LogP contribution in [0.15, 0.2) is 54.0 Å². The minimum Gasteiger partial charge on any atom is -0.490 e. The molecule has 9 heteroatoms. The van der Waals surface area contributed by atoms with Gasteiger partial charge in [0.25, 0.3) is 11.1 Å². The van der Waals surface area contributed by atoms with E-state index in [2.05, 4.69) is 6.58 Å². The number of benzene rings is 2. The molecule has 0 atom stereocenters. The number of imide groups is 1. The van der Waals surface area contributed by atoms with Crippen LogP contribution in [-0.4, -0.2) is 41.8 Å². The molecule has 0 aliphatic carbocycles. The number of carbonyl (C=O) groups excluding carboxylic acids is 3. The normalized spacial score (nSPS) is 14.4. The smallest absolute Gasteiger partial charge is 0.326 e. The zero-order valence-electron chi connectivity index (χ0n) is 19.5. The maximum atomic E-state index is 13.2. The fourth-order valence-corrected chi connectivity index (χ4v) is 4.20. The monoisotopic (exact) mass is 499 g/mol. The van der Waals surface area contributed by atoms with Gasteiger partial charge in [-0.3, -0.25) is 19.3 Å². The van der Waals surface area contributed by atoms with Crippen LogP contribution in [0.2, 0.25) is 0 Å². The molecule has 2 aromatic rings. The Morgan fingerprint density at radius 1 is 1.11 bits per heavy atom. The number of hydrogen-bond acceptors (Lipinski definition) is 7. The summed E-state index contributed by atoms with van der Waals surface area (Å²) in [6.07, 6.45) is 3.76. The molecule has 0 aromatic heterocycles. The van der Waals surface area contributed by atoms with Gasteiger partial charge >= 0.3 is 5.97 Å². The van der Waals surface area contributed by atoms with Crippen molar-refractivity contribution in [3.8, 4) is 11.5 Å². The van der Waals surface area contributed by atoms with Crippen LogP contribution in [0, 0.1) is 5.82 Å². The predicted octanol–water partition coefficient (Wildman–Crippen LogP) is 5.13. The van der Waals surface area contributed by atoms with Gasteiger partial charge in [-0.2, -0.15) is 0 Å². The topological polar surface area (TPSA) is 82.1 Å². The quantitative estimate of drug-likeness (QED) is 0.241. The average molecular weight is 500 g/mol. The molecule has 2 aromatic carbocycles. The average Bonchev–Trinajstić information content (AvgIpc) is 3.07. The standard InChI is InChI=1S/C26H26FNO6S/c1-4-7-19-12-18(14-22-25(30)28(26(31)35-22)15-23(29)33-6-3)13-21(32-5-2)24(19)34-16-17-8-10-20(27)11-9-17/h4,8-14H,1,5-7,15-16H2,2-3H3/b22-14+. The lowest BCUT2D eigenvalue weighted by Crippen LogP contribution is -2.34. The van der Waals surface area contributed by atoms with Crippen LogP contribution < -0.4 is 9.47 Å². The molecule has 184 valence electrons. The van der Waals surface area contributed by atoms with Gasteiger partial charge in [-0.1, -0.05) is 18.2 Å². The number of esters is 1. The number of halogens is 1. The molecule has 1 aliphatic rings. The lowest BCUT2D eigenvalue weighted by molar-refractivity contribution is -0.145. The molecule has 1 fully saturated rings. The summed E-state index contributed by atoms with van der Waals surface area (Å²) in [5.74, 6) is -0.555. The molecule has 0 radical (unpaired) electrons. The van der Waals surface area contributed by atoms with Crippen LogP contribution in [0.25, 0.3) is 6.08 Å². The second kappa shape index (κ2) is 12.2. The van der Waals surface area contributed by atoms with E-state index in [0.29, 0.717) is 30.1 Å². The van der Waals surface area contributed by atoms with E-state index < -0.39 is 23.7 Å². The van der Waals surface area contributed by atoms with Crippen LogP contribution in [0.5, 0.6) is 11.5 Å². The van der Waals surface area contributed by atoms with Crippen molar-refractivity contribution in [3.63, 3.8) is 0 Å². The summed E-state index contributed by atoms with van der Waals surface area (Å²) in [4.78, 5) is 37.8. The molecule has 35 heavy (non-hydrogen) atoms. The number of rotatable bonds is 11. The number of allylic oxidation sites excluding steroid dienone is 1. The van der Waals surface area contributed by atoms with E-state index in [9.17, 15) is 18.8 Å². The maximum absolute atomic E-state index is 13.2. The summed E-state index contributed by atoms with van der Waals surface area (Å²) in [6, 6.07) is 9.56. The van der Waals surface area contributed by atoms with Gasteiger partial charge in [0.2, 0.25) is 0 Å². The Kier molecular flexibility index (Phi) is 9.08. The van der Waals surface area contributed by atoms with Crippen molar-refractivity contribution >= 4 is 35.0 Å². The lowest BCUT2D eigenvalue weighted by atomic mass is 10.0. The Bertz CT molecular complexity index is 1150. The van der Waals surface area contributed by atoms with Crippen molar-refractivity contribution in [1.29, 1.82) is 0 Å². The third kappa shape index (κ3) is 6.73. The molecule has 0 unspecified atom stereocenters. The van der Waals surface area contributed by atoms with E-state index in [4.69, 9.17) is 14.2 Å². The van der Waals surface area contributed by atoms with Gasteiger partial charge in [0.1, 0.15) is 19.0 Å². The Labute approximate surface area is 207 Å². The van der Waals surface area contributed by atoms with Crippen molar-refractivity contribution < 1.29 is 33.0 Å². The number of nitrogens with zero attached hydrogens (tertiary/aromatic N) is 1. The Hall–Kier alpha value is -3.59. The third-order valence-corrected chi connectivity index (χ3v) is 5.79. The summed E-state index contributed by atoms with van der Waals surface area (Å²) >= 11 is 0.756. The van der Waals surface area contributed by atoms with Crippen molar-refractivity contribution in [2.75, 3.05) is 19.8 Å². The minimum absolute atomic E-state index is 0.159.